The molecule has 2 aliphatic carbocycles. The van der Waals surface area contributed by atoms with E-state index in [1.165, 1.54) is 45.1 Å². The molecule has 0 saturated heterocycles. The van der Waals surface area contributed by atoms with Gasteiger partial charge in [0.25, 0.3) is 0 Å². The SMILES string of the molecule is CC1CC(CN)(NCCC2CCC2)C1. The van der Waals surface area contributed by atoms with Gasteiger partial charge in [-0.15, -0.1) is 0 Å². The van der Waals surface area contributed by atoms with Gasteiger partial charge >= 0.3 is 0 Å². The van der Waals surface area contributed by atoms with Gasteiger partial charge in [0.2, 0.25) is 0 Å². The van der Waals surface area contributed by atoms with Crippen molar-refractivity contribution in [2.75, 3.05) is 13.1 Å². The van der Waals surface area contributed by atoms with E-state index in [2.05, 4.69) is 12.2 Å². The van der Waals surface area contributed by atoms with Crippen LogP contribution in [0.15, 0.2) is 0 Å². The Kier molecular flexibility index (Phi) is 3.13. The zero-order valence-corrected chi connectivity index (χ0v) is 9.39. The van der Waals surface area contributed by atoms with Crippen LogP contribution in [0.2, 0.25) is 0 Å². The summed E-state index contributed by atoms with van der Waals surface area (Å²) in [6, 6.07) is 0. The lowest BCUT2D eigenvalue weighted by Crippen LogP contribution is -2.59. The molecule has 0 aromatic heterocycles. The maximum atomic E-state index is 5.83. The molecule has 2 heteroatoms. The average Bonchev–Trinajstić information content (AvgIpc) is 2.05. The second-order valence-electron chi connectivity index (χ2n) is 5.51. The van der Waals surface area contributed by atoms with E-state index in [4.69, 9.17) is 5.73 Å². The molecule has 2 rings (SSSR count). The maximum absolute atomic E-state index is 5.83. The topological polar surface area (TPSA) is 38.0 Å². The van der Waals surface area contributed by atoms with Gasteiger partial charge in [0.05, 0.1) is 0 Å². The van der Waals surface area contributed by atoms with Crippen LogP contribution >= 0.6 is 0 Å². The summed E-state index contributed by atoms with van der Waals surface area (Å²) in [6.07, 6.45) is 8.34. The predicted molar refractivity (Wildman–Crippen MR) is 60.1 cm³/mol. The highest BCUT2D eigenvalue weighted by molar-refractivity contribution is 5.00. The van der Waals surface area contributed by atoms with Gasteiger partial charge in [0, 0.05) is 12.1 Å². The maximum Gasteiger partial charge on any atom is 0.0309 e. The third-order valence-electron chi connectivity index (χ3n) is 4.15. The van der Waals surface area contributed by atoms with Crippen LogP contribution in [-0.4, -0.2) is 18.6 Å². The molecule has 0 aromatic rings. The van der Waals surface area contributed by atoms with E-state index in [0.717, 1.165) is 18.4 Å². The third-order valence-corrected chi connectivity index (χ3v) is 4.15. The molecule has 2 aliphatic rings. The standard InChI is InChI=1S/C12H24N2/c1-10-7-12(8-10,9-13)14-6-5-11-3-2-4-11/h10-11,14H,2-9,13H2,1H3. The van der Waals surface area contributed by atoms with Crippen molar-refractivity contribution in [3.05, 3.63) is 0 Å². The predicted octanol–water partition coefficient (Wildman–Crippen LogP) is 1.89. The Labute approximate surface area is 87.6 Å². The molecule has 2 nitrogen and oxygen atoms in total. The molecule has 82 valence electrons. The molecule has 0 heterocycles. The fourth-order valence-corrected chi connectivity index (χ4v) is 2.98. The van der Waals surface area contributed by atoms with E-state index in [-0.39, 0.29) is 0 Å². The van der Waals surface area contributed by atoms with E-state index in [1.807, 2.05) is 0 Å². The first-order valence-corrected chi connectivity index (χ1v) is 6.19. The van der Waals surface area contributed by atoms with Crippen LogP contribution in [0.25, 0.3) is 0 Å². The Hall–Kier alpha value is -0.0800. The Morgan fingerprint density at radius 1 is 1.36 bits per heavy atom. The first kappa shape index (κ1) is 10.4. The molecule has 3 N–H and O–H groups in total. The number of nitrogens with one attached hydrogen (secondary N) is 1. The summed E-state index contributed by atoms with van der Waals surface area (Å²) in [5, 5.41) is 3.69. The van der Waals surface area contributed by atoms with Gasteiger partial charge in [-0.1, -0.05) is 26.2 Å². The van der Waals surface area contributed by atoms with Crippen molar-refractivity contribution < 1.29 is 0 Å². The van der Waals surface area contributed by atoms with E-state index in [0.29, 0.717) is 5.54 Å². The van der Waals surface area contributed by atoms with Crippen molar-refractivity contribution in [1.82, 2.24) is 5.32 Å². The fraction of sp³-hybridized carbons (Fsp3) is 1.00. The van der Waals surface area contributed by atoms with Crippen molar-refractivity contribution >= 4 is 0 Å². The highest BCUT2D eigenvalue weighted by atomic mass is 15.0. The van der Waals surface area contributed by atoms with Crippen LogP contribution in [0.5, 0.6) is 0 Å². The zero-order valence-electron chi connectivity index (χ0n) is 9.39. The normalized spacial score (nSPS) is 37.7. The Morgan fingerprint density at radius 2 is 2.07 bits per heavy atom. The van der Waals surface area contributed by atoms with Crippen molar-refractivity contribution in [2.24, 2.45) is 17.6 Å². The molecule has 2 fully saturated rings. The Bertz CT molecular complexity index is 181. The van der Waals surface area contributed by atoms with Gasteiger partial charge in [-0.25, -0.2) is 0 Å². The van der Waals surface area contributed by atoms with Crippen LogP contribution < -0.4 is 11.1 Å². The van der Waals surface area contributed by atoms with Gasteiger partial charge in [0.1, 0.15) is 0 Å². The van der Waals surface area contributed by atoms with Crippen LogP contribution in [0.4, 0.5) is 0 Å². The van der Waals surface area contributed by atoms with Crippen molar-refractivity contribution in [1.29, 1.82) is 0 Å². The molecule has 0 radical (unpaired) electrons. The van der Waals surface area contributed by atoms with E-state index < -0.39 is 0 Å². The summed E-state index contributed by atoms with van der Waals surface area (Å²) in [4.78, 5) is 0. The van der Waals surface area contributed by atoms with Gasteiger partial charge in [-0.3, -0.25) is 0 Å². The van der Waals surface area contributed by atoms with Crippen LogP contribution in [0.1, 0.15) is 45.4 Å². The van der Waals surface area contributed by atoms with Crippen molar-refractivity contribution in [2.45, 2.75) is 51.0 Å². The van der Waals surface area contributed by atoms with Crippen molar-refractivity contribution in [3.8, 4) is 0 Å². The summed E-state index contributed by atoms with van der Waals surface area (Å²) in [5.41, 5.74) is 6.15. The van der Waals surface area contributed by atoms with Crippen LogP contribution in [0, 0.1) is 11.8 Å². The smallest absolute Gasteiger partial charge is 0.0309 e. The van der Waals surface area contributed by atoms with Crippen LogP contribution in [0.3, 0.4) is 0 Å². The molecule has 0 atom stereocenters. The van der Waals surface area contributed by atoms with Gasteiger partial charge in [-0.2, -0.15) is 0 Å². The second-order valence-corrected chi connectivity index (χ2v) is 5.51. The number of rotatable bonds is 5. The van der Waals surface area contributed by atoms with Crippen LogP contribution in [-0.2, 0) is 0 Å². The summed E-state index contributed by atoms with van der Waals surface area (Å²) in [5.74, 6) is 1.91. The molecule has 0 aromatic carbocycles. The molecule has 14 heavy (non-hydrogen) atoms. The molecule has 0 spiro atoms. The van der Waals surface area contributed by atoms with E-state index >= 15 is 0 Å². The van der Waals surface area contributed by atoms with Gasteiger partial charge < -0.3 is 11.1 Å². The largest absolute Gasteiger partial charge is 0.329 e. The van der Waals surface area contributed by atoms with Crippen molar-refractivity contribution in [3.63, 3.8) is 0 Å². The third kappa shape index (κ3) is 2.12. The molecule has 0 bridgehead atoms. The minimum Gasteiger partial charge on any atom is -0.329 e. The summed E-state index contributed by atoms with van der Waals surface area (Å²) < 4.78 is 0. The van der Waals surface area contributed by atoms with Gasteiger partial charge in [0.15, 0.2) is 0 Å². The molecule has 2 saturated carbocycles. The molecular formula is C12H24N2. The minimum atomic E-state index is 0.323. The summed E-state index contributed by atoms with van der Waals surface area (Å²) >= 11 is 0. The molecule has 0 aliphatic heterocycles. The van der Waals surface area contributed by atoms with Gasteiger partial charge in [-0.05, 0) is 37.6 Å². The molecule has 0 amide bonds. The first-order valence-electron chi connectivity index (χ1n) is 6.19. The summed E-state index contributed by atoms with van der Waals surface area (Å²) in [7, 11) is 0. The minimum absolute atomic E-state index is 0.323. The average molecular weight is 196 g/mol. The highest BCUT2D eigenvalue weighted by Crippen LogP contribution is 2.37. The first-order chi connectivity index (χ1) is 6.74. The Balaban J connectivity index is 1.63. The molecule has 0 unspecified atom stereocenters. The van der Waals surface area contributed by atoms with E-state index in [9.17, 15) is 0 Å². The van der Waals surface area contributed by atoms with E-state index in [1.54, 1.807) is 0 Å². The lowest BCUT2D eigenvalue weighted by Gasteiger charge is -2.47. The highest BCUT2D eigenvalue weighted by Gasteiger charge is 2.40. The zero-order chi connectivity index (χ0) is 10.0. The molecular weight excluding hydrogens is 172 g/mol. The lowest BCUT2D eigenvalue weighted by molar-refractivity contribution is 0.119. The monoisotopic (exact) mass is 196 g/mol. The Morgan fingerprint density at radius 3 is 2.50 bits per heavy atom. The number of hydrogen-bond donors (Lipinski definition) is 2. The second kappa shape index (κ2) is 4.19. The number of nitrogens with two attached hydrogens (primary N) is 1. The summed E-state index contributed by atoms with van der Waals surface area (Å²) in [6.45, 7) is 4.33. The quantitative estimate of drug-likeness (QED) is 0.705. The fourth-order valence-electron chi connectivity index (χ4n) is 2.98. The number of hydrogen-bond acceptors (Lipinski definition) is 2. The lowest BCUT2D eigenvalue weighted by atomic mass is 9.69.